The summed E-state index contributed by atoms with van der Waals surface area (Å²) in [6.45, 7) is 3.86. The normalized spacial score (nSPS) is 15.2. The van der Waals surface area contributed by atoms with Gasteiger partial charge in [-0.3, -0.25) is 9.69 Å². The Kier molecular flexibility index (Phi) is 6.27. The summed E-state index contributed by atoms with van der Waals surface area (Å²) < 4.78 is 12.8. The number of fused-ring (bicyclic) bond motifs is 1. The molecule has 0 spiro atoms. The lowest BCUT2D eigenvalue weighted by Crippen LogP contribution is -2.22. The van der Waals surface area contributed by atoms with Gasteiger partial charge in [0.15, 0.2) is 16.7 Å². The molecule has 3 heterocycles. The summed E-state index contributed by atoms with van der Waals surface area (Å²) in [6, 6.07) is 15.7. The van der Waals surface area contributed by atoms with Gasteiger partial charge >= 0.3 is 0 Å². The zero-order chi connectivity index (χ0) is 21.8. The molecule has 32 heavy (non-hydrogen) atoms. The second-order valence-electron chi connectivity index (χ2n) is 7.86. The summed E-state index contributed by atoms with van der Waals surface area (Å²) in [5.74, 6) is 2.41. The molecule has 5 rings (SSSR count). The number of hydrogen-bond donors (Lipinski definition) is 1. The van der Waals surface area contributed by atoms with E-state index in [-0.39, 0.29) is 18.5 Å². The number of nitrogens with zero attached hydrogens (tertiary/aromatic N) is 4. The van der Waals surface area contributed by atoms with Crippen LogP contribution >= 0.6 is 11.8 Å². The molecule has 1 N–H and O–H groups in total. The zero-order valence-electron chi connectivity index (χ0n) is 17.7. The van der Waals surface area contributed by atoms with Crippen molar-refractivity contribution in [1.29, 1.82) is 0 Å². The van der Waals surface area contributed by atoms with Crippen molar-refractivity contribution in [2.75, 3.05) is 31.0 Å². The molecule has 9 heteroatoms. The van der Waals surface area contributed by atoms with Crippen LogP contribution < -0.4 is 14.8 Å². The van der Waals surface area contributed by atoms with Crippen molar-refractivity contribution in [3.63, 3.8) is 0 Å². The summed E-state index contributed by atoms with van der Waals surface area (Å²) in [4.78, 5) is 15.0. The molecule has 0 atom stereocenters. The number of aromatic nitrogens is 3. The largest absolute Gasteiger partial charge is 0.454 e. The number of carbonyl (C=O) groups excluding carboxylic acids is 1. The van der Waals surface area contributed by atoms with Crippen LogP contribution in [0.4, 0.5) is 5.69 Å². The average molecular weight is 452 g/mol. The first-order valence-electron chi connectivity index (χ1n) is 10.8. The van der Waals surface area contributed by atoms with E-state index in [4.69, 9.17) is 9.47 Å². The predicted octanol–water partition coefficient (Wildman–Crippen LogP) is 3.38. The van der Waals surface area contributed by atoms with Crippen LogP contribution in [0.3, 0.4) is 0 Å². The van der Waals surface area contributed by atoms with E-state index < -0.39 is 0 Å². The molecule has 1 saturated heterocycles. The molecule has 0 saturated carbocycles. The van der Waals surface area contributed by atoms with Crippen LogP contribution in [0.25, 0.3) is 0 Å². The molecular formula is C23H25N5O3S. The summed E-state index contributed by atoms with van der Waals surface area (Å²) >= 11 is 1.40. The third-order valence-corrected chi connectivity index (χ3v) is 6.50. The van der Waals surface area contributed by atoms with Crippen LogP contribution in [0.5, 0.6) is 11.5 Å². The van der Waals surface area contributed by atoms with Gasteiger partial charge in [0.05, 0.1) is 18.8 Å². The Labute approximate surface area is 190 Å². The third kappa shape index (κ3) is 4.89. The minimum Gasteiger partial charge on any atom is -0.454 e. The van der Waals surface area contributed by atoms with Gasteiger partial charge in [-0.2, -0.15) is 0 Å². The maximum Gasteiger partial charge on any atom is 0.234 e. The highest BCUT2D eigenvalue weighted by Crippen LogP contribution is 2.34. The number of rotatable bonds is 8. The molecule has 2 aliphatic heterocycles. The lowest BCUT2D eigenvalue weighted by Gasteiger charge is -2.16. The number of benzene rings is 2. The van der Waals surface area contributed by atoms with Crippen molar-refractivity contribution in [3.05, 3.63) is 59.9 Å². The fraction of sp³-hybridized carbons (Fsp3) is 0.348. The van der Waals surface area contributed by atoms with Gasteiger partial charge in [0, 0.05) is 11.8 Å². The van der Waals surface area contributed by atoms with Crippen LogP contribution in [-0.2, 0) is 17.9 Å². The predicted molar refractivity (Wildman–Crippen MR) is 122 cm³/mol. The molecule has 0 bridgehead atoms. The number of thioether (sulfide) groups is 1. The van der Waals surface area contributed by atoms with E-state index in [1.54, 1.807) is 12.1 Å². The lowest BCUT2D eigenvalue weighted by molar-refractivity contribution is -0.113. The Bertz CT molecular complexity index is 1080. The van der Waals surface area contributed by atoms with E-state index >= 15 is 0 Å². The maximum atomic E-state index is 12.6. The van der Waals surface area contributed by atoms with Gasteiger partial charge in [-0.1, -0.05) is 42.1 Å². The molecule has 1 amide bonds. The first-order valence-corrected chi connectivity index (χ1v) is 11.7. The van der Waals surface area contributed by atoms with Crippen LogP contribution in [0.1, 0.15) is 24.2 Å². The second-order valence-corrected chi connectivity index (χ2v) is 8.80. The minimum atomic E-state index is -0.107. The van der Waals surface area contributed by atoms with Crippen molar-refractivity contribution in [1.82, 2.24) is 19.7 Å². The molecule has 2 aromatic carbocycles. The fourth-order valence-electron chi connectivity index (χ4n) is 3.91. The van der Waals surface area contributed by atoms with Gasteiger partial charge in [0.25, 0.3) is 0 Å². The maximum absolute atomic E-state index is 12.6. The van der Waals surface area contributed by atoms with Gasteiger partial charge in [-0.05, 0) is 43.6 Å². The molecule has 0 unspecified atom stereocenters. The van der Waals surface area contributed by atoms with Gasteiger partial charge in [0.1, 0.15) is 5.82 Å². The number of ether oxygens (including phenoxy) is 2. The molecule has 0 radical (unpaired) electrons. The standard InChI is InChI=1S/C23H25N5O3S/c29-22(24-18-8-9-19-20(12-18)31-16-30-19)15-32-23-26-25-21(14-27-10-4-5-11-27)28(23)13-17-6-2-1-3-7-17/h1-3,6-9,12H,4-5,10-11,13-16H2,(H,24,29). The quantitative estimate of drug-likeness (QED) is 0.526. The van der Waals surface area contributed by atoms with Gasteiger partial charge < -0.3 is 19.4 Å². The summed E-state index contributed by atoms with van der Waals surface area (Å²) in [7, 11) is 0. The molecule has 8 nitrogen and oxygen atoms in total. The fourth-order valence-corrected chi connectivity index (χ4v) is 4.67. The van der Waals surface area contributed by atoms with Crippen LogP contribution in [0, 0.1) is 0 Å². The summed E-state index contributed by atoms with van der Waals surface area (Å²) in [5.41, 5.74) is 1.86. The lowest BCUT2D eigenvalue weighted by atomic mass is 10.2. The number of hydrogen-bond acceptors (Lipinski definition) is 7. The van der Waals surface area contributed by atoms with Crippen molar-refractivity contribution < 1.29 is 14.3 Å². The Balaban J connectivity index is 1.26. The highest BCUT2D eigenvalue weighted by molar-refractivity contribution is 7.99. The SMILES string of the molecule is O=C(CSc1nnc(CN2CCCC2)n1Cc1ccccc1)Nc1ccc2c(c1)OCO2. The highest BCUT2D eigenvalue weighted by Gasteiger charge is 2.20. The first kappa shape index (κ1) is 20.8. The van der Waals surface area contributed by atoms with Gasteiger partial charge in [-0.25, -0.2) is 0 Å². The van der Waals surface area contributed by atoms with Crippen molar-refractivity contribution >= 4 is 23.4 Å². The van der Waals surface area contributed by atoms with E-state index in [9.17, 15) is 4.79 Å². The van der Waals surface area contributed by atoms with E-state index in [0.29, 0.717) is 23.7 Å². The van der Waals surface area contributed by atoms with E-state index in [1.807, 2.05) is 24.3 Å². The molecule has 2 aliphatic rings. The average Bonchev–Trinajstić information content (AvgIpc) is 3.56. The van der Waals surface area contributed by atoms with Crippen molar-refractivity contribution in [3.8, 4) is 11.5 Å². The Hall–Kier alpha value is -3.04. The van der Waals surface area contributed by atoms with Crippen LogP contribution in [0.15, 0.2) is 53.7 Å². The van der Waals surface area contributed by atoms with E-state index in [2.05, 4.69) is 37.1 Å². The molecule has 0 aliphatic carbocycles. The third-order valence-electron chi connectivity index (χ3n) is 5.53. The van der Waals surface area contributed by atoms with Crippen LogP contribution in [-0.4, -0.2) is 51.2 Å². The molecule has 1 aromatic heterocycles. The second kappa shape index (κ2) is 9.62. The Morgan fingerprint density at radius 2 is 1.81 bits per heavy atom. The van der Waals surface area contributed by atoms with Crippen LogP contribution in [0.2, 0.25) is 0 Å². The molecule has 166 valence electrons. The smallest absolute Gasteiger partial charge is 0.234 e. The molecule has 1 fully saturated rings. The van der Waals surface area contributed by atoms with Gasteiger partial charge in [0.2, 0.25) is 12.7 Å². The zero-order valence-corrected chi connectivity index (χ0v) is 18.5. The van der Waals surface area contributed by atoms with Crippen molar-refractivity contribution in [2.24, 2.45) is 0 Å². The van der Waals surface area contributed by atoms with Gasteiger partial charge in [-0.15, -0.1) is 10.2 Å². The topological polar surface area (TPSA) is 81.5 Å². The summed E-state index contributed by atoms with van der Waals surface area (Å²) in [6.07, 6.45) is 2.46. The summed E-state index contributed by atoms with van der Waals surface area (Å²) in [5, 5.41) is 12.5. The van der Waals surface area contributed by atoms with E-state index in [1.165, 1.54) is 30.2 Å². The van der Waals surface area contributed by atoms with E-state index in [0.717, 1.165) is 30.6 Å². The number of amides is 1. The molecular weight excluding hydrogens is 426 g/mol. The monoisotopic (exact) mass is 451 g/mol. The minimum absolute atomic E-state index is 0.107. The number of likely N-dealkylation sites (tertiary alicyclic amines) is 1. The molecule has 3 aromatic rings. The van der Waals surface area contributed by atoms with Crippen molar-refractivity contribution in [2.45, 2.75) is 31.1 Å². The first-order chi connectivity index (χ1) is 15.7. The Morgan fingerprint density at radius 1 is 1.00 bits per heavy atom. The number of anilines is 1. The highest BCUT2D eigenvalue weighted by atomic mass is 32.2. The Morgan fingerprint density at radius 3 is 2.66 bits per heavy atom. The number of carbonyl (C=O) groups is 1. The number of nitrogens with one attached hydrogen (secondary N) is 1.